The van der Waals surface area contributed by atoms with Crippen LogP contribution in [-0.2, 0) is 26.7 Å². The first kappa shape index (κ1) is 21.8. The Bertz CT molecular complexity index is 956. The van der Waals surface area contributed by atoms with Gasteiger partial charge in [0.15, 0.2) is 0 Å². The molecule has 27 heavy (non-hydrogen) atoms. The van der Waals surface area contributed by atoms with Gasteiger partial charge in [0.25, 0.3) is 20.2 Å². The second-order valence-electron chi connectivity index (χ2n) is 6.72. The summed E-state index contributed by atoms with van der Waals surface area (Å²) in [5, 5.41) is 0.245. The topological polar surface area (TPSA) is 109 Å². The summed E-state index contributed by atoms with van der Waals surface area (Å²) >= 11 is 0. The first-order valence-electron chi connectivity index (χ1n) is 9.16. The average Bonchev–Trinajstić information content (AvgIpc) is 2.58. The predicted molar refractivity (Wildman–Crippen MR) is 105 cm³/mol. The van der Waals surface area contributed by atoms with Crippen LogP contribution < -0.4 is 0 Å². The molecular weight excluding hydrogens is 388 g/mol. The highest BCUT2D eigenvalue weighted by Gasteiger charge is 2.23. The molecule has 150 valence electrons. The van der Waals surface area contributed by atoms with Gasteiger partial charge in [0.1, 0.15) is 9.79 Å². The molecule has 0 radical (unpaired) electrons. The summed E-state index contributed by atoms with van der Waals surface area (Å²) in [6.45, 7) is 2.17. The van der Waals surface area contributed by atoms with Crippen molar-refractivity contribution in [2.24, 2.45) is 0 Å². The number of unbranched alkanes of at least 4 members (excludes halogenated alkanes) is 6. The van der Waals surface area contributed by atoms with Gasteiger partial charge in [0.2, 0.25) is 0 Å². The van der Waals surface area contributed by atoms with Crippen LogP contribution in [0, 0.1) is 0 Å². The first-order valence-corrected chi connectivity index (χ1v) is 12.0. The van der Waals surface area contributed by atoms with Crippen LogP contribution in [0.1, 0.15) is 57.4 Å². The van der Waals surface area contributed by atoms with Crippen LogP contribution in [0.15, 0.2) is 40.1 Å². The van der Waals surface area contributed by atoms with Gasteiger partial charge < -0.3 is 0 Å². The number of benzene rings is 2. The molecule has 8 heteroatoms. The molecule has 0 aliphatic carbocycles. The first-order chi connectivity index (χ1) is 12.7. The predicted octanol–water partition coefficient (Wildman–Crippen LogP) is 4.63. The summed E-state index contributed by atoms with van der Waals surface area (Å²) in [6, 6.07) is 6.98. The van der Waals surface area contributed by atoms with Crippen molar-refractivity contribution in [2.45, 2.75) is 68.1 Å². The molecule has 0 saturated carbocycles. The van der Waals surface area contributed by atoms with E-state index < -0.39 is 30.0 Å². The summed E-state index contributed by atoms with van der Waals surface area (Å²) in [6.07, 6.45) is 8.54. The fourth-order valence-corrected chi connectivity index (χ4v) is 4.83. The van der Waals surface area contributed by atoms with E-state index in [1.807, 2.05) is 0 Å². The van der Waals surface area contributed by atoms with Crippen LogP contribution >= 0.6 is 0 Å². The molecule has 0 bridgehead atoms. The van der Waals surface area contributed by atoms with Crippen LogP contribution in [-0.4, -0.2) is 25.9 Å². The van der Waals surface area contributed by atoms with Crippen molar-refractivity contribution in [1.82, 2.24) is 0 Å². The van der Waals surface area contributed by atoms with Gasteiger partial charge in [-0.1, -0.05) is 63.6 Å². The lowest BCUT2D eigenvalue weighted by molar-refractivity contribution is 0.483. The van der Waals surface area contributed by atoms with Crippen molar-refractivity contribution in [1.29, 1.82) is 0 Å². The molecular formula is C19H26O6S2. The fraction of sp³-hybridized carbons (Fsp3) is 0.474. The largest absolute Gasteiger partial charge is 0.295 e. The van der Waals surface area contributed by atoms with E-state index in [1.165, 1.54) is 37.8 Å². The maximum absolute atomic E-state index is 11.7. The Morgan fingerprint density at radius 2 is 1.30 bits per heavy atom. The molecule has 0 unspecified atom stereocenters. The number of aryl methyl sites for hydroxylation is 1. The van der Waals surface area contributed by atoms with E-state index in [1.54, 1.807) is 12.1 Å². The van der Waals surface area contributed by atoms with E-state index in [4.69, 9.17) is 0 Å². The molecule has 0 heterocycles. The zero-order chi connectivity index (χ0) is 20.1. The van der Waals surface area contributed by atoms with Gasteiger partial charge in [-0.05, 0) is 35.9 Å². The standard InChI is InChI=1S/C19H26O6S2/c1-2-3-4-5-6-7-8-10-15-13-14-18(27(23,24)25)19-16(15)11-9-12-17(19)26(20,21)22/h9,11-14H,2-8,10H2,1H3,(H,20,21,22)(H,23,24,25). The Balaban J connectivity index is 2.35. The van der Waals surface area contributed by atoms with Crippen LogP contribution in [0.5, 0.6) is 0 Å². The SMILES string of the molecule is CCCCCCCCCc1ccc(S(=O)(=O)O)c2c(S(=O)(=O)O)cccc12. The Hall–Kier alpha value is -1.48. The highest BCUT2D eigenvalue weighted by Crippen LogP contribution is 2.32. The molecule has 2 aromatic carbocycles. The van der Waals surface area contributed by atoms with E-state index in [2.05, 4.69) is 6.92 Å². The molecule has 0 aliphatic rings. The second kappa shape index (κ2) is 9.14. The number of fused-ring (bicyclic) bond motifs is 1. The number of rotatable bonds is 10. The minimum atomic E-state index is -4.64. The lowest BCUT2D eigenvalue weighted by Crippen LogP contribution is -2.06. The average molecular weight is 415 g/mol. The summed E-state index contributed by atoms with van der Waals surface area (Å²) in [7, 11) is -9.29. The van der Waals surface area contributed by atoms with Crippen molar-refractivity contribution >= 4 is 31.0 Å². The molecule has 6 nitrogen and oxygen atoms in total. The summed E-state index contributed by atoms with van der Waals surface area (Å²) in [5.74, 6) is 0. The maximum atomic E-state index is 11.7. The molecule has 2 aromatic rings. The fourth-order valence-electron chi connectivity index (χ4n) is 3.32. The van der Waals surface area contributed by atoms with E-state index in [0.29, 0.717) is 11.8 Å². The molecule has 0 saturated heterocycles. The molecule has 0 atom stereocenters. The monoisotopic (exact) mass is 414 g/mol. The minimum absolute atomic E-state index is 0.164. The Morgan fingerprint density at radius 1 is 0.741 bits per heavy atom. The van der Waals surface area contributed by atoms with E-state index in [9.17, 15) is 25.9 Å². The van der Waals surface area contributed by atoms with E-state index >= 15 is 0 Å². The van der Waals surface area contributed by atoms with Crippen molar-refractivity contribution in [3.8, 4) is 0 Å². The van der Waals surface area contributed by atoms with Gasteiger partial charge in [-0.15, -0.1) is 0 Å². The smallest absolute Gasteiger partial charge is 0.282 e. The van der Waals surface area contributed by atoms with Gasteiger partial charge >= 0.3 is 0 Å². The van der Waals surface area contributed by atoms with Crippen LogP contribution in [0.3, 0.4) is 0 Å². The Labute approximate surface area is 161 Å². The molecule has 0 amide bonds. The molecule has 0 aliphatic heterocycles. The van der Waals surface area contributed by atoms with Crippen molar-refractivity contribution in [3.05, 3.63) is 35.9 Å². The van der Waals surface area contributed by atoms with Gasteiger partial charge in [-0.2, -0.15) is 16.8 Å². The van der Waals surface area contributed by atoms with Gasteiger partial charge in [0, 0.05) is 5.39 Å². The molecule has 0 fully saturated rings. The lowest BCUT2D eigenvalue weighted by Gasteiger charge is -2.12. The summed E-state index contributed by atoms with van der Waals surface area (Å²) < 4.78 is 65.8. The maximum Gasteiger partial charge on any atom is 0.295 e. The number of hydrogen-bond donors (Lipinski definition) is 2. The van der Waals surface area contributed by atoms with Gasteiger partial charge in [-0.3, -0.25) is 9.11 Å². The third kappa shape index (κ3) is 5.75. The van der Waals surface area contributed by atoms with E-state index in [0.717, 1.165) is 30.9 Å². The summed E-state index contributed by atoms with van der Waals surface area (Å²) in [5.41, 5.74) is 0.788. The zero-order valence-electron chi connectivity index (χ0n) is 15.4. The van der Waals surface area contributed by atoms with Crippen LogP contribution in [0.2, 0.25) is 0 Å². The highest BCUT2D eigenvalue weighted by atomic mass is 32.2. The van der Waals surface area contributed by atoms with Crippen molar-refractivity contribution in [2.75, 3.05) is 0 Å². The second-order valence-corrected chi connectivity index (χ2v) is 9.50. The normalized spacial score (nSPS) is 12.6. The lowest BCUT2D eigenvalue weighted by atomic mass is 9.99. The number of hydrogen-bond acceptors (Lipinski definition) is 4. The Kier molecular flexibility index (Phi) is 7.39. The third-order valence-electron chi connectivity index (χ3n) is 4.66. The van der Waals surface area contributed by atoms with Crippen molar-refractivity contribution in [3.63, 3.8) is 0 Å². The highest BCUT2D eigenvalue weighted by molar-refractivity contribution is 7.87. The van der Waals surface area contributed by atoms with Gasteiger partial charge in [0.05, 0.1) is 0 Å². The quantitative estimate of drug-likeness (QED) is 0.433. The minimum Gasteiger partial charge on any atom is -0.282 e. The van der Waals surface area contributed by atoms with Crippen LogP contribution in [0.4, 0.5) is 0 Å². The summed E-state index contributed by atoms with van der Waals surface area (Å²) in [4.78, 5) is -1.04. The zero-order valence-corrected chi connectivity index (χ0v) is 17.0. The molecule has 0 aromatic heterocycles. The van der Waals surface area contributed by atoms with Gasteiger partial charge in [-0.25, -0.2) is 0 Å². The third-order valence-corrected chi connectivity index (χ3v) is 6.45. The van der Waals surface area contributed by atoms with E-state index in [-0.39, 0.29) is 5.39 Å². The Morgan fingerprint density at radius 3 is 1.89 bits per heavy atom. The van der Waals surface area contributed by atoms with Crippen molar-refractivity contribution < 1.29 is 25.9 Å². The molecule has 2 N–H and O–H groups in total. The molecule has 0 spiro atoms. The van der Waals surface area contributed by atoms with Crippen LogP contribution in [0.25, 0.3) is 10.8 Å². The molecule has 2 rings (SSSR count).